The van der Waals surface area contributed by atoms with Crippen LogP contribution in [0.4, 0.5) is 9.18 Å². The second-order valence-corrected chi connectivity index (χ2v) is 8.73. The minimum Gasteiger partial charge on any atom is -0.441 e. The van der Waals surface area contributed by atoms with Crippen molar-refractivity contribution < 1.29 is 18.7 Å². The van der Waals surface area contributed by atoms with Gasteiger partial charge in [-0.2, -0.15) is 0 Å². The molecule has 0 atom stereocenters. The lowest BCUT2D eigenvalue weighted by Crippen LogP contribution is -2.48. The molecule has 0 radical (unpaired) electrons. The summed E-state index contributed by atoms with van der Waals surface area (Å²) in [5.41, 5.74) is 3.21. The van der Waals surface area contributed by atoms with E-state index in [2.05, 4.69) is 18.2 Å². The molecule has 0 bridgehead atoms. The number of hydrogen-bond donors (Lipinski definition) is 0. The van der Waals surface area contributed by atoms with Crippen LogP contribution in [-0.2, 0) is 11.3 Å². The number of carbonyl (C=O) groups excluding carboxylic acids is 2. The number of aryl methyl sites for hydroxylation is 2. The molecule has 30 heavy (non-hydrogen) atoms. The van der Waals surface area contributed by atoms with Gasteiger partial charge in [0, 0.05) is 38.0 Å². The van der Waals surface area contributed by atoms with Gasteiger partial charge in [-0.15, -0.1) is 0 Å². The van der Waals surface area contributed by atoms with Gasteiger partial charge in [0.05, 0.1) is 11.6 Å². The molecule has 5 nitrogen and oxygen atoms in total. The number of ether oxygens (including phenoxy) is 1. The lowest BCUT2D eigenvalue weighted by Gasteiger charge is -2.37. The molecule has 2 aliphatic rings. The van der Waals surface area contributed by atoms with Gasteiger partial charge in [0.25, 0.3) is 5.91 Å². The summed E-state index contributed by atoms with van der Waals surface area (Å²) in [5, 5.41) is -0.0684. The molecule has 2 aromatic carbocycles. The van der Waals surface area contributed by atoms with Crippen LogP contribution in [0.25, 0.3) is 0 Å². The fourth-order valence-corrected chi connectivity index (χ4v) is 4.57. The fraction of sp³-hybridized carbons (Fsp3) is 0.391. The van der Waals surface area contributed by atoms with E-state index in [1.807, 2.05) is 13.8 Å². The number of likely N-dealkylation sites (tertiary alicyclic amines) is 1. The number of benzene rings is 2. The minimum atomic E-state index is -0.562. The highest BCUT2D eigenvalue weighted by Crippen LogP contribution is 2.34. The molecule has 1 spiro atoms. The number of halogens is 2. The van der Waals surface area contributed by atoms with Crippen molar-refractivity contribution in [2.24, 2.45) is 0 Å². The zero-order valence-corrected chi connectivity index (χ0v) is 17.8. The molecule has 4 rings (SSSR count). The van der Waals surface area contributed by atoms with Crippen molar-refractivity contribution in [1.82, 2.24) is 9.80 Å². The molecule has 2 fully saturated rings. The van der Waals surface area contributed by atoms with Gasteiger partial charge in [-0.05, 0) is 37.6 Å². The lowest BCUT2D eigenvalue weighted by atomic mass is 9.91. The molecule has 2 aliphatic heterocycles. The monoisotopic (exact) mass is 430 g/mol. The van der Waals surface area contributed by atoms with E-state index in [0.717, 1.165) is 5.56 Å². The number of amides is 2. The molecule has 7 heteroatoms. The van der Waals surface area contributed by atoms with Crippen molar-refractivity contribution in [2.75, 3.05) is 19.6 Å². The Morgan fingerprint density at radius 2 is 1.80 bits per heavy atom. The molecule has 0 saturated carbocycles. The van der Waals surface area contributed by atoms with E-state index in [1.165, 1.54) is 29.3 Å². The number of nitrogens with zero attached hydrogens (tertiary/aromatic N) is 2. The Morgan fingerprint density at radius 3 is 2.43 bits per heavy atom. The van der Waals surface area contributed by atoms with Gasteiger partial charge in [0.1, 0.15) is 11.4 Å². The van der Waals surface area contributed by atoms with Crippen LogP contribution in [0.3, 0.4) is 0 Å². The summed E-state index contributed by atoms with van der Waals surface area (Å²) < 4.78 is 19.2. The van der Waals surface area contributed by atoms with Crippen molar-refractivity contribution in [2.45, 2.75) is 38.8 Å². The number of rotatable bonds is 3. The highest BCUT2D eigenvalue weighted by atomic mass is 35.5. The van der Waals surface area contributed by atoms with Crippen LogP contribution < -0.4 is 0 Å². The zero-order valence-electron chi connectivity index (χ0n) is 17.1. The maximum atomic E-state index is 13.4. The zero-order chi connectivity index (χ0) is 21.5. The Kier molecular flexibility index (Phi) is 5.45. The third-order valence-electron chi connectivity index (χ3n) is 5.82. The third-order valence-corrected chi connectivity index (χ3v) is 6.11. The molecule has 0 aliphatic carbocycles. The molecular weight excluding hydrogens is 407 g/mol. The van der Waals surface area contributed by atoms with E-state index >= 15 is 0 Å². The normalized spacial score (nSPS) is 18.1. The van der Waals surface area contributed by atoms with E-state index in [-0.39, 0.29) is 17.0 Å². The Balaban J connectivity index is 1.39. The summed E-state index contributed by atoms with van der Waals surface area (Å²) in [6, 6.07) is 10.3. The average Bonchev–Trinajstić information content (AvgIpc) is 2.98. The maximum Gasteiger partial charge on any atom is 0.410 e. The van der Waals surface area contributed by atoms with Crippen molar-refractivity contribution in [3.8, 4) is 0 Å². The Hall–Kier alpha value is -2.60. The quantitative estimate of drug-likeness (QED) is 0.707. The second-order valence-electron chi connectivity index (χ2n) is 8.32. The van der Waals surface area contributed by atoms with Crippen LogP contribution in [-0.4, -0.2) is 47.0 Å². The van der Waals surface area contributed by atoms with Crippen LogP contribution in [0.15, 0.2) is 36.4 Å². The van der Waals surface area contributed by atoms with Gasteiger partial charge < -0.3 is 9.64 Å². The van der Waals surface area contributed by atoms with Gasteiger partial charge in [0.15, 0.2) is 0 Å². The summed E-state index contributed by atoms with van der Waals surface area (Å²) in [7, 11) is 0. The molecule has 2 aromatic rings. The van der Waals surface area contributed by atoms with Crippen molar-refractivity contribution >= 4 is 23.6 Å². The lowest BCUT2D eigenvalue weighted by molar-refractivity contribution is 0.00313. The maximum absolute atomic E-state index is 13.4. The highest BCUT2D eigenvalue weighted by Gasteiger charge is 2.47. The molecule has 0 N–H and O–H groups in total. The Labute approximate surface area is 180 Å². The summed E-state index contributed by atoms with van der Waals surface area (Å²) in [6.45, 7) is 6.06. The first kappa shape index (κ1) is 20.7. The number of piperidine rings is 1. The SMILES string of the molecule is Cc1cc(C)cc(CN2CC3(CCN(C(=O)c4ccc(F)c(Cl)c4)CC3)OC2=O)c1. The highest BCUT2D eigenvalue weighted by molar-refractivity contribution is 6.31. The number of carbonyl (C=O) groups is 2. The molecule has 2 saturated heterocycles. The van der Waals surface area contributed by atoms with Crippen LogP contribution in [0.2, 0.25) is 5.02 Å². The molecule has 2 heterocycles. The van der Waals surface area contributed by atoms with Crippen LogP contribution in [0.1, 0.15) is 39.9 Å². The van der Waals surface area contributed by atoms with Gasteiger partial charge >= 0.3 is 6.09 Å². The first-order valence-electron chi connectivity index (χ1n) is 10.0. The number of hydrogen-bond acceptors (Lipinski definition) is 3. The first-order valence-corrected chi connectivity index (χ1v) is 10.4. The van der Waals surface area contributed by atoms with E-state index in [4.69, 9.17) is 16.3 Å². The Bertz CT molecular complexity index is 982. The van der Waals surface area contributed by atoms with Gasteiger partial charge in [-0.3, -0.25) is 9.69 Å². The predicted octanol–water partition coefficient (Wildman–Crippen LogP) is 4.72. The second kappa shape index (κ2) is 7.91. The molecule has 0 aromatic heterocycles. The Morgan fingerprint density at radius 1 is 1.13 bits per heavy atom. The summed E-state index contributed by atoms with van der Waals surface area (Å²) in [4.78, 5) is 28.7. The molecule has 0 unspecified atom stereocenters. The van der Waals surface area contributed by atoms with Gasteiger partial charge in [-0.1, -0.05) is 40.9 Å². The summed E-state index contributed by atoms with van der Waals surface area (Å²) in [5.74, 6) is -0.740. The van der Waals surface area contributed by atoms with E-state index in [0.29, 0.717) is 44.6 Å². The molecule has 2 amide bonds. The van der Waals surface area contributed by atoms with Gasteiger partial charge in [-0.25, -0.2) is 9.18 Å². The third kappa shape index (κ3) is 4.15. The van der Waals surface area contributed by atoms with E-state index < -0.39 is 11.4 Å². The largest absolute Gasteiger partial charge is 0.441 e. The average molecular weight is 431 g/mol. The summed E-state index contributed by atoms with van der Waals surface area (Å²) in [6.07, 6.45) is 0.838. The molecule has 158 valence electrons. The van der Waals surface area contributed by atoms with Crippen molar-refractivity contribution in [3.63, 3.8) is 0 Å². The smallest absolute Gasteiger partial charge is 0.410 e. The van der Waals surface area contributed by atoms with Crippen LogP contribution in [0.5, 0.6) is 0 Å². The standard InChI is InChI=1S/C23H24ClFN2O3/c1-15-9-16(2)11-17(10-15)13-27-14-23(30-22(27)29)5-7-26(8-6-23)21(28)18-3-4-20(25)19(24)12-18/h3-4,9-12H,5-8,13-14H2,1-2H3. The van der Waals surface area contributed by atoms with Crippen molar-refractivity contribution in [3.05, 3.63) is 69.5 Å². The van der Waals surface area contributed by atoms with E-state index in [9.17, 15) is 14.0 Å². The molecular formula is C23H24ClFN2O3. The van der Waals surface area contributed by atoms with Crippen molar-refractivity contribution in [1.29, 1.82) is 0 Å². The van der Waals surface area contributed by atoms with Crippen LogP contribution >= 0.6 is 11.6 Å². The van der Waals surface area contributed by atoms with Gasteiger partial charge in [0.2, 0.25) is 0 Å². The predicted molar refractivity (Wildman–Crippen MR) is 112 cm³/mol. The summed E-state index contributed by atoms with van der Waals surface area (Å²) >= 11 is 5.80. The first-order chi connectivity index (χ1) is 14.2. The topological polar surface area (TPSA) is 49.9 Å². The van der Waals surface area contributed by atoms with E-state index in [1.54, 1.807) is 9.80 Å². The fourth-order valence-electron chi connectivity index (χ4n) is 4.38. The van der Waals surface area contributed by atoms with Crippen LogP contribution in [0, 0.1) is 19.7 Å². The minimum absolute atomic E-state index is 0.0684.